The van der Waals surface area contributed by atoms with Gasteiger partial charge in [-0.25, -0.2) is 8.78 Å². The van der Waals surface area contributed by atoms with Crippen LogP contribution in [0.3, 0.4) is 0 Å². The van der Waals surface area contributed by atoms with Gasteiger partial charge in [0.2, 0.25) is 0 Å². The van der Waals surface area contributed by atoms with Gasteiger partial charge in [0.25, 0.3) is 0 Å². The highest BCUT2D eigenvalue weighted by Gasteiger charge is 2.18. The fraction of sp³-hybridized carbons (Fsp3) is 0.500. The fourth-order valence-corrected chi connectivity index (χ4v) is 3.12. The minimum absolute atomic E-state index is 0.00218. The Hall–Kier alpha value is -0.970. The summed E-state index contributed by atoms with van der Waals surface area (Å²) in [6, 6.07) is 2.00. The quantitative estimate of drug-likeness (QED) is 0.828. The minimum atomic E-state index is -1.65. The van der Waals surface area contributed by atoms with Crippen LogP contribution in [0, 0.1) is 17.6 Å². The van der Waals surface area contributed by atoms with Gasteiger partial charge in [0.05, 0.1) is 10.8 Å². The fourth-order valence-electron chi connectivity index (χ4n) is 1.71. The lowest BCUT2D eigenvalue weighted by Crippen LogP contribution is -2.11. The van der Waals surface area contributed by atoms with Gasteiger partial charge in [-0.3, -0.25) is 4.21 Å². The zero-order chi connectivity index (χ0) is 13.0. The molecule has 5 heteroatoms. The van der Waals surface area contributed by atoms with Crippen molar-refractivity contribution in [2.45, 2.75) is 31.6 Å². The maximum atomic E-state index is 13.5. The smallest absolute Gasteiger partial charge is 0.144 e. The van der Waals surface area contributed by atoms with Crippen molar-refractivity contribution in [2.24, 2.45) is 5.92 Å². The highest BCUT2D eigenvalue weighted by molar-refractivity contribution is 7.85. The van der Waals surface area contributed by atoms with Crippen LogP contribution in [0.2, 0.25) is 0 Å². The second kappa shape index (κ2) is 6.10. The Morgan fingerprint density at radius 3 is 2.35 bits per heavy atom. The molecule has 17 heavy (non-hydrogen) atoms. The zero-order valence-electron chi connectivity index (χ0n) is 10.0. The molecule has 0 aliphatic heterocycles. The number of nitrogen functional groups attached to an aromatic ring is 1. The molecule has 0 spiro atoms. The van der Waals surface area contributed by atoms with E-state index in [4.69, 9.17) is 5.73 Å². The first kappa shape index (κ1) is 14.1. The van der Waals surface area contributed by atoms with Crippen molar-refractivity contribution in [3.63, 3.8) is 0 Å². The van der Waals surface area contributed by atoms with Gasteiger partial charge in [0.15, 0.2) is 0 Å². The molecule has 0 aromatic heterocycles. The average Bonchev–Trinajstić information content (AvgIpc) is 2.15. The van der Waals surface area contributed by atoms with Crippen molar-refractivity contribution < 1.29 is 13.0 Å². The van der Waals surface area contributed by atoms with Crippen molar-refractivity contribution in [3.8, 4) is 0 Å². The maximum absolute atomic E-state index is 13.5. The summed E-state index contributed by atoms with van der Waals surface area (Å²) in [5.74, 6) is -1.21. The number of benzene rings is 1. The largest absolute Gasteiger partial charge is 0.399 e. The summed E-state index contributed by atoms with van der Waals surface area (Å²) in [5.41, 5.74) is 5.30. The third-order valence-corrected chi connectivity index (χ3v) is 4.18. The van der Waals surface area contributed by atoms with Crippen molar-refractivity contribution >= 4 is 16.5 Å². The van der Waals surface area contributed by atoms with Crippen LogP contribution in [-0.2, 0) is 10.8 Å². The topological polar surface area (TPSA) is 43.1 Å². The standard InChI is InChI=1S/C12H17F2NOS/c1-3-4-8(2)7-17(16)12-10(13)5-9(15)6-11(12)14/h5-6,8H,3-4,7,15H2,1-2H3. The molecule has 1 aromatic carbocycles. The first-order chi connectivity index (χ1) is 7.95. The van der Waals surface area contributed by atoms with Gasteiger partial charge in [-0.15, -0.1) is 0 Å². The summed E-state index contributed by atoms with van der Waals surface area (Å²) >= 11 is 0. The Kier molecular flexibility index (Phi) is 5.05. The van der Waals surface area contributed by atoms with Crippen LogP contribution in [0.15, 0.2) is 17.0 Å². The van der Waals surface area contributed by atoms with Gasteiger partial charge in [-0.05, 0) is 18.1 Å². The number of hydrogen-bond acceptors (Lipinski definition) is 2. The van der Waals surface area contributed by atoms with Crippen molar-refractivity contribution in [1.82, 2.24) is 0 Å². The molecule has 0 aliphatic carbocycles. The van der Waals surface area contributed by atoms with Gasteiger partial charge in [-0.1, -0.05) is 26.7 Å². The molecule has 0 radical (unpaired) electrons. The molecule has 2 N–H and O–H groups in total. The lowest BCUT2D eigenvalue weighted by Gasteiger charge is -2.11. The Morgan fingerprint density at radius 1 is 1.35 bits per heavy atom. The molecule has 2 unspecified atom stereocenters. The lowest BCUT2D eigenvalue weighted by molar-refractivity contribution is 0.530. The molecular weight excluding hydrogens is 244 g/mol. The molecule has 0 amide bonds. The SMILES string of the molecule is CCCC(C)CS(=O)c1c(F)cc(N)cc1F. The Labute approximate surface area is 103 Å². The van der Waals surface area contributed by atoms with Crippen molar-refractivity contribution in [3.05, 3.63) is 23.8 Å². The summed E-state index contributed by atoms with van der Waals surface area (Å²) < 4.78 is 38.8. The number of nitrogens with two attached hydrogens (primary N) is 1. The van der Waals surface area contributed by atoms with Crippen LogP contribution in [0.5, 0.6) is 0 Å². The normalized spacial score (nSPS) is 14.6. The first-order valence-electron chi connectivity index (χ1n) is 5.58. The molecule has 0 fully saturated rings. The van der Waals surface area contributed by atoms with Crippen LogP contribution in [0.25, 0.3) is 0 Å². The summed E-state index contributed by atoms with van der Waals surface area (Å²) in [4.78, 5) is -0.359. The van der Waals surface area contributed by atoms with Gasteiger partial charge >= 0.3 is 0 Å². The highest BCUT2D eigenvalue weighted by atomic mass is 32.2. The van der Waals surface area contributed by atoms with E-state index >= 15 is 0 Å². The van der Waals surface area contributed by atoms with Crippen molar-refractivity contribution in [2.75, 3.05) is 11.5 Å². The number of rotatable bonds is 5. The van der Waals surface area contributed by atoms with Crippen LogP contribution in [0.4, 0.5) is 14.5 Å². The van der Waals surface area contributed by atoms with E-state index in [1.54, 1.807) is 0 Å². The molecule has 0 bridgehead atoms. The molecule has 96 valence electrons. The average molecular weight is 261 g/mol. The number of halogens is 2. The summed E-state index contributed by atoms with van der Waals surface area (Å²) in [7, 11) is -1.65. The second-order valence-corrected chi connectivity index (χ2v) is 5.65. The van der Waals surface area contributed by atoms with Gasteiger partial charge in [0, 0.05) is 11.4 Å². The summed E-state index contributed by atoms with van der Waals surface area (Å²) in [6.45, 7) is 3.94. The molecule has 0 heterocycles. The molecule has 1 rings (SSSR count). The van der Waals surface area contributed by atoms with E-state index in [0.29, 0.717) is 0 Å². The van der Waals surface area contributed by atoms with E-state index in [1.165, 1.54) is 0 Å². The van der Waals surface area contributed by atoms with Crippen LogP contribution in [0.1, 0.15) is 26.7 Å². The van der Waals surface area contributed by atoms with E-state index in [1.807, 2.05) is 13.8 Å². The molecule has 0 saturated heterocycles. The van der Waals surface area contributed by atoms with E-state index in [0.717, 1.165) is 25.0 Å². The molecule has 2 atom stereocenters. The molecule has 0 saturated carbocycles. The third kappa shape index (κ3) is 3.77. The maximum Gasteiger partial charge on any atom is 0.144 e. The second-order valence-electron chi connectivity index (χ2n) is 4.22. The van der Waals surface area contributed by atoms with Gasteiger partial charge in [0.1, 0.15) is 16.5 Å². The Morgan fingerprint density at radius 2 is 1.88 bits per heavy atom. The predicted molar refractivity (Wildman–Crippen MR) is 66.1 cm³/mol. The highest BCUT2D eigenvalue weighted by Crippen LogP contribution is 2.22. The first-order valence-corrected chi connectivity index (χ1v) is 6.90. The van der Waals surface area contributed by atoms with Crippen LogP contribution < -0.4 is 5.73 Å². The van der Waals surface area contributed by atoms with Gasteiger partial charge < -0.3 is 5.73 Å². The van der Waals surface area contributed by atoms with Crippen LogP contribution >= 0.6 is 0 Å². The lowest BCUT2D eigenvalue weighted by atomic mass is 10.1. The van der Waals surface area contributed by atoms with E-state index in [-0.39, 0.29) is 22.3 Å². The van der Waals surface area contributed by atoms with Crippen LogP contribution in [-0.4, -0.2) is 9.96 Å². The van der Waals surface area contributed by atoms with E-state index in [2.05, 4.69) is 0 Å². The monoisotopic (exact) mass is 261 g/mol. The molecule has 0 aliphatic rings. The van der Waals surface area contributed by atoms with E-state index in [9.17, 15) is 13.0 Å². The Bertz CT molecular complexity index is 400. The van der Waals surface area contributed by atoms with E-state index < -0.39 is 22.4 Å². The summed E-state index contributed by atoms with van der Waals surface area (Å²) in [6.07, 6.45) is 1.86. The Balaban J connectivity index is 2.89. The molecular formula is C12H17F2NOS. The molecule has 1 aromatic rings. The minimum Gasteiger partial charge on any atom is -0.399 e. The van der Waals surface area contributed by atoms with Crippen molar-refractivity contribution in [1.29, 1.82) is 0 Å². The predicted octanol–water partition coefficient (Wildman–Crippen LogP) is 3.09. The number of anilines is 1. The zero-order valence-corrected chi connectivity index (χ0v) is 10.8. The number of hydrogen-bond donors (Lipinski definition) is 1. The third-order valence-electron chi connectivity index (χ3n) is 2.47. The summed E-state index contributed by atoms with van der Waals surface area (Å²) in [5, 5.41) is 0. The van der Waals surface area contributed by atoms with Gasteiger partial charge in [-0.2, -0.15) is 0 Å². The molecule has 2 nitrogen and oxygen atoms in total.